The van der Waals surface area contributed by atoms with Gasteiger partial charge in [0.1, 0.15) is 0 Å². The quantitative estimate of drug-likeness (QED) is 0.583. The molecule has 56 valence electrons. The van der Waals surface area contributed by atoms with Crippen LogP contribution in [0.1, 0.15) is 6.42 Å². The van der Waals surface area contributed by atoms with Gasteiger partial charge in [0.05, 0.1) is 0 Å². The standard InChI is InChI=1S/C10H10O/c1-3-8-5-6-10(11)7-9(8)4-2/h3-6H,1-2,7H2. The van der Waals surface area contributed by atoms with Gasteiger partial charge in [0.25, 0.3) is 0 Å². The van der Waals surface area contributed by atoms with Crippen LogP contribution in [-0.2, 0) is 4.79 Å². The number of allylic oxidation sites excluding steroid dienone is 6. The third-order valence-corrected chi connectivity index (χ3v) is 1.65. The number of carbonyl (C=O) groups excluding carboxylic acids is 1. The molecule has 0 unspecified atom stereocenters. The Morgan fingerprint density at radius 2 is 2.00 bits per heavy atom. The zero-order chi connectivity index (χ0) is 8.27. The van der Waals surface area contributed by atoms with Crippen LogP contribution in [0.25, 0.3) is 0 Å². The minimum Gasteiger partial charge on any atom is -0.294 e. The fourth-order valence-corrected chi connectivity index (χ4v) is 1.03. The molecule has 0 aliphatic heterocycles. The van der Waals surface area contributed by atoms with Gasteiger partial charge < -0.3 is 0 Å². The summed E-state index contributed by atoms with van der Waals surface area (Å²) in [5.74, 6) is 0.130. The van der Waals surface area contributed by atoms with E-state index >= 15 is 0 Å². The zero-order valence-electron chi connectivity index (χ0n) is 6.34. The van der Waals surface area contributed by atoms with Gasteiger partial charge in [0, 0.05) is 6.42 Å². The molecule has 0 atom stereocenters. The lowest BCUT2D eigenvalue weighted by Gasteiger charge is -2.07. The predicted molar refractivity (Wildman–Crippen MR) is 46.2 cm³/mol. The Morgan fingerprint density at radius 1 is 1.27 bits per heavy atom. The van der Waals surface area contributed by atoms with Crippen LogP contribution in [0.2, 0.25) is 0 Å². The monoisotopic (exact) mass is 146 g/mol. The van der Waals surface area contributed by atoms with Crippen molar-refractivity contribution in [2.75, 3.05) is 0 Å². The molecule has 0 heterocycles. The summed E-state index contributed by atoms with van der Waals surface area (Å²) in [6.45, 7) is 7.26. The Kier molecular flexibility index (Phi) is 2.21. The normalized spacial score (nSPS) is 16.9. The first-order valence-corrected chi connectivity index (χ1v) is 3.47. The molecule has 1 aliphatic carbocycles. The maximum absolute atomic E-state index is 10.9. The molecule has 1 aliphatic rings. The van der Waals surface area contributed by atoms with Crippen molar-refractivity contribution in [2.45, 2.75) is 6.42 Å². The van der Waals surface area contributed by atoms with Crippen molar-refractivity contribution in [3.05, 3.63) is 48.6 Å². The van der Waals surface area contributed by atoms with Gasteiger partial charge in [0.2, 0.25) is 0 Å². The number of ketones is 1. The van der Waals surface area contributed by atoms with Crippen molar-refractivity contribution >= 4 is 5.78 Å². The number of hydrogen-bond acceptors (Lipinski definition) is 1. The highest BCUT2D eigenvalue weighted by Crippen LogP contribution is 2.17. The van der Waals surface area contributed by atoms with E-state index in [0.29, 0.717) is 6.42 Å². The van der Waals surface area contributed by atoms with E-state index in [-0.39, 0.29) is 5.78 Å². The number of rotatable bonds is 2. The van der Waals surface area contributed by atoms with E-state index in [4.69, 9.17) is 0 Å². The number of carbonyl (C=O) groups is 1. The van der Waals surface area contributed by atoms with Gasteiger partial charge in [-0.25, -0.2) is 0 Å². The lowest BCUT2D eigenvalue weighted by molar-refractivity contribution is -0.114. The topological polar surface area (TPSA) is 17.1 Å². The first-order chi connectivity index (χ1) is 5.27. The molecule has 0 bridgehead atoms. The molecule has 11 heavy (non-hydrogen) atoms. The van der Waals surface area contributed by atoms with Crippen molar-refractivity contribution < 1.29 is 4.79 Å². The molecular weight excluding hydrogens is 136 g/mol. The Labute approximate surface area is 66.4 Å². The summed E-state index contributed by atoms with van der Waals surface area (Å²) in [5, 5.41) is 0. The fraction of sp³-hybridized carbons (Fsp3) is 0.100. The third-order valence-electron chi connectivity index (χ3n) is 1.65. The summed E-state index contributed by atoms with van der Waals surface area (Å²) in [5.41, 5.74) is 1.96. The van der Waals surface area contributed by atoms with Crippen LogP contribution in [0.4, 0.5) is 0 Å². The van der Waals surface area contributed by atoms with Crippen LogP contribution in [0.3, 0.4) is 0 Å². The molecule has 0 aromatic carbocycles. The van der Waals surface area contributed by atoms with E-state index < -0.39 is 0 Å². The number of hydrogen-bond donors (Lipinski definition) is 0. The Balaban J connectivity index is 3.02. The zero-order valence-corrected chi connectivity index (χ0v) is 6.34. The van der Waals surface area contributed by atoms with E-state index in [1.807, 2.05) is 0 Å². The van der Waals surface area contributed by atoms with Crippen molar-refractivity contribution in [2.24, 2.45) is 0 Å². The van der Waals surface area contributed by atoms with E-state index in [1.54, 1.807) is 24.3 Å². The predicted octanol–water partition coefficient (Wildman–Crippen LogP) is 2.18. The summed E-state index contributed by atoms with van der Waals surface area (Å²) in [6, 6.07) is 0. The molecule has 0 saturated carbocycles. The molecule has 0 N–H and O–H groups in total. The highest BCUT2D eigenvalue weighted by molar-refractivity contribution is 5.94. The van der Waals surface area contributed by atoms with Crippen molar-refractivity contribution in [1.82, 2.24) is 0 Å². The molecule has 0 saturated heterocycles. The highest BCUT2D eigenvalue weighted by Gasteiger charge is 2.07. The fourth-order valence-electron chi connectivity index (χ4n) is 1.03. The summed E-state index contributed by atoms with van der Waals surface area (Å²) in [6.07, 6.45) is 7.25. The second-order valence-corrected chi connectivity index (χ2v) is 2.37. The van der Waals surface area contributed by atoms with Gasteiger partial charge in [0.15, 0.2) is 5.78 Å². The molecule has 1 heteroatoms. The molecule has 0 spiro atoms. The van der Waals surface area contributed by atoms with Gasteiger partial charge >= 0.3 is 0 Å². The molecule has 0 aromatic rings. The van der Waals surface area contributed by atoms with Gasteiger partial charge in [-0.05, 0) is 17.2 Å². The summed E-state index contributed by atoms with van der Waals surface area (Å²) >= 11 is 0. The highest BCUT2D eigenvalue weighted by atomic mass is 16.1. The largest absolute Gasteiger partial charge is 0.294 e. The maximum atomic E-state index is 10.9. The van der Waals surface area contributed by atoms with Crippen LogP contribution in [0.5, 0.6) is 0 Å². The Morgan fingerprint density at radius 3 is 2.55 bits per heavy atom. The van der Waals surface area contributed by atoms with Gasteiger partial charge in [-0.2, -0.15) is 0 Å². The molecular formula is C10H10O. The van der Waals surface area contributed by atoms with Crippen molar-refractivity contribution in [1.29, 1.82) is 0 Å². The van der Waals surface area contributed by atoms with E-state index in [0.717, 1.165) is 11.1 Å². The average Bonchev–Trinajstić information content (AvgIpc) is 2.04. The van der Waals surface area contributed by atoms with Crippen LogP contribution in [0, 0.1) is 0 Å². The molecule has 0 amide bonds. The van der Waals surface area contributed by atoms with Crippen molar-refractivity contribution in [3.8, 4) is 0 Å². The molecule has 0 aromatic heterocycles. The average molecular weight is 146 g/mol. The summed E-state index contributed by atoms with van der Waals surface area (Å²) in [4.78, 5) is 10.9. The Hall–Kier alpha value is -1.37. The van der Waals surface area contributed by atoms with E-state index in [9.17, 15) is 4.79 Å². The van der Waals surface area contributed by atoms with Crippen molar-refractivity contribution in [3.63, 3.8) is 0 Å². The first-order valence-electron chi connectivity index (χ1n) is 3.47. The van der Waals surface area contributed by atoms with Crippen LogP contribution in [0.15, 0.2) is 48.6 Å². The molecule has 1 nitrogen and oxygen atoms in total. The SMILES string of the molecule is C=CC1=C(C=C)CC(=O)C=C1. The minimum absolute atomic E-state index is 0.130. The molecule has 0 fully saturated rings. The maximum Gasteiger partial charge on any atom is 0.160 e. The van der Waals surface area contributed by atoms with Gasteiger partial charge in [-0.15, -0.1) is 0 Å². The Bertz CT molecular complexity index is 267. The smallest absolute Gasteiger partial charge is 0.160 e. The first kappa shape index (κ1) is 7.73. The second-order valence-electron chi connectivity index (χ2n) is 2.37. The van der Waals surface area contributed by atoms with E-state index in [2.05, 4.69) is 13.2 Å². The summed E-state index contributed by atoms with van der Waals surface area (Å²) in [7, 11) is 0. The summed E-state index contributed by atoms with van der Waals surface area (Å²) < 4.78 is 0. The minimum atomic E-state index is 0.130. The second kappa shape index (κ2) is 3.15. The molecule has 0 radical (unpaired) electrons. The van der Waals surface area contributed by atoms with Crippen LogP contribution >= 0.6 is 0 Å². The lowest BCUT2D eigenvalue weighted by Crippen LogP contribution is -2.00. The van der Waals surface area contributed by atoms with E-state index in [1.165, 1.54) is 0 Å². The molecule has 1 rings (SSSR count). The van der Waals surface area contributed by atoms with Gasteiger partial charge in [-0.1, -0.05) is 31.4 Å². The van der Waals surface area contributed by atoms with Gasteiger partial charge in [-0.3, -0.25) is 4.79 Å². The third kappa shape index (κ3) is 1.55. The van der Waals surface area contributed by atoms with Crippen LogP contribution < -0.4 is 0 Å². The van der Waals surface area contributed by atoms with Crippen LogP contribution in [-0.4, -0.2) is 5.78 Å². The lowest BCUT2D eigenvalue weighted by atomic mass is 9.97.